The van der Waals surface area contributed by atoms with E-state index in [1.54, 1.807) is 40.9 Å². The van der Waals surface area contributed by atoms with Crippen molar-refractivity contribution in [3.05, 3.63) is 83.2 Å². The van der Waals surface area contributed by atoms with Crippen LogP contribution in [0.25, 0.3) is 16.9 Å². The largest absolute Gasteiger partial charge is 0.392 e. The first-order valence-corrected chi connectivity index (χ1v) is 10.3. The molecule has 162 valence electrons. The Labute approximate surface area is 183 Å². The third-order valence-electron chi connectivity index (χ3n) is 5.54. The van der Waals surface area contributed by atoms with Gasteiger partial charge < -0.3 is 4.74 Å². The smallest absolute Gasteiger partial charge is 0.310 e. The molecule has 0 unspecified atom stereocenters. The fourth-order valence-electron chi connectivity index (χ4n) is 4.04. The van der Waals surface area contributed by atoms with Gasteiger partial charge in [0, 0.05) is 55.9 Å². The molecule has 1 aliphatic rings. The summed E-state index contributed by atoms with van der Waals surface area (Å²) in [6.07, 6.45) is 2.21. The number of halogens is 2. The van der Waals surface area contributed by atoms with Gasteiger partial charge in [-0.25, -0.2) is 18.7 Å². The number of esters is 1. The zero-order valence-corrected chi connectivity index (χ0v) is 17.4. The fraction of sp³-hybridized carbons (Fsp3) is 0.208. The number of fused-ring (bicyclic) bond motifs is 3. The maximum atomic E-state index is 14.4. The summed E-state index contributed by atoms with van der Waals surface area (Å²) in [5.41, 5.74) is 3.54. The second kappa shape index (κ2) is 8.12. The highest BCUT2D eigenvalue weighted by Gasteiger charge is 2.25. The van der Waals surface area contributed by atoms with E-state index in [1.807, 2.05) is 6.07 Å². The van der Waals surface area contributed by atoms with E-state index >= 15 is 0 Å². The maximum Gasteiger partial charge on any atom is 0.310 e. The number of hydrogen-bond acceptors (Lipinski definition) is 5. The second-order valence-corrected chi connectivity index (χ2v) is 7.76. The van der Waals surface area contributed by atoms with Gasteiger partial charge >= 0.3 is 12.0 Å². The van der Waals surface area contributed by atoms with Gasteiger partial charge in [-0.05, 0) is 18.2 Å². The van der Waals surface area contributed by atoms with Crippen LogP contribution < -0.4 is 4.74 Å². The molecule has 1 aliphatic heterocycles. The van der Waals surface area contributed by atoms with E-state index in [1.165, 1.54) is 19.1 Å². The van der Waals surface area contributed by atoms with Crippen LogP contribution in [0, 0.1) is 11.6 Å². The van der Waals surface area contributed by atoms with E-state index < -0.39 is 11.8 Å². The second-order valence-electron chi connectivity index (χ2n) is 7.76. The minimum Gasteiger partial charge on any atom is -0.392 e. The zero-order chi connectivity index (χ0) is 22.2. The third-order valence-corrected chi connectivity index (χ3v) is 5.54. The molecular formula is C24H20F2N4O2. The van der Waals surface area contributed by atoms with Crippen LogP contribution in [0.1, 0.15) is 23.7 Å². The van der Waals surface area contributed by atoms with Crippen LogP contribution in [-0.4, -0.2) is 31.8 Å². The molecule has 0 N–H and O–H groups in total. The number of nitrogens with zero attached hydrogens (tertiary/aromatic N) is 4. The van der Waals surface area contributed by atoms with Crippen LogP contribution in [0.2, 0.25) is 0 Å². The van der Waals surface area contributed by atoms with Crippen LogP contribution in [0.4, 0.5) is 8.78 Å². The van der Waals surface area contributed by atoms with Crippen LogP contribution in [0.5, 0.6) is 6.01 Å². The molecule has 6 nitrogen and oxygen atoms in total. The van der Waals surface area contributed by atoms with Crippen molar-refractivity contribution < 1.29 is 18.3 Å². The van der Waals surface area contributed by atoms with Crippen molar-refractivity contribution in [3.63, 3.8) is 0 Å². The van der Waals surface area contributed by atoms with Crippen molar-refractivity contribution in [1.29, 1.82) is 0 Å². The molecule has 8 heteroatoms. The predicted molar refractivity (Wildman–Crippen MR) is 114 cm³/mol. The predicted octanol–water partition coefficient (Wildman–Crippen LogP) is 4.16. The van der Waals surface area contributed by atoms with Gasteiger partial charge in [0.1, 0.15) is 17.3 Å². The molecule has 32 heavy (non-hydrogen) atoms. The summed E-state index contributed by atoms with van der Waals surface area (Å²) in [6, 6.07) is 13.2. The van der Waals surface area contributed by atoms with Gasteiger partial charge in [0.15, 0.2) is 0 Å². The Morgan fingerprint density at radius 2 is 1.81 bits per heavy atom. The van der Waals surface area contributed by atoms with Crippen molar-refractivity contribution in [2.24, 2.45) is 0 Å². The van der Waals surface area contributed by atoms with Crippen molar-refractivity contribution in [2.45, 2.75) is 26.4 Å². The monoisotopic (exact) mass is 434 g/mol. The summed E-state index contributed by atoms with van der Waals surface area (Å²) < 4.78 is 35.5. The lowest BCUT2D eigenvalue weighted by molar-refractivity contribution is -0.132. The number of hydrogen-bond donors (Lipinski definition) is 0. The summed E-state index contributed by atoms with van der Waals surface area (Å²) in [4.78, 5) is 23.0. The summed E-state index contributed by atoms with van der Waals surface area (Å²) in [6.45, 7) is 2.92. The van der Waals surface area contributed by atoms with Crippen molar-refractivity contribution >= 4 is 11.6 Å². The quantitative estimate of drug-likeness (QED) is 0.452. The molecule has 0 atom stereocenters. The van der Waals surface area contributed by atoms with E-state index in [-0.39, 0.29) is 11.8 Å². The number of imidazole rings is 1. The van der Waals surface area contributed by atoms with Crippen molar-refractivity contribution in [1.82, 2.24) is 19.3 Å². The number of carbonyl (C=O) groups excluding carboxylic acids is 1. The number of benzene rings is 2. The summed E-state index contributed by atoms with van der Waals surface area (Å²) in [5.74, 6) is -1.14. The van der Waals surface area contributed by atoms with Crippen LogP contribution in [-0.2, 0) is 24.3 Å². The Morgan fingerprint density at radius 1 is 1.06 bits per heavy atom. The van der Waals surface area contributed by atoms with E-state index in [0.717, 1.165) is 11.3 Å². The topological polar surface area (TPSA) is 59.7 Å². The SMILES string of the molecule is CC(=O)Oc1nc2c(c3nc(-c4ccccc4F)cn13)CN(Cc1ccccc1F)CC2. The molecule has 4 aromatic rings. The minimum absolute atomic E-state index is 0.101. The van der Waals surface area contributed by atoms with Gasteiger partial charge in [-0.1, -0.05) is 30.3 Å². The van der Waals surface area contributed by atoms with Gasteiger partial charge in [0.25, 0.3) is 0 Å². The number of carbonyl (C=O) groups is 1. The molecule has 0 saturated heterocycles. The first-order valence-electron chi connectivity index (χ1n) is 10.3. The Balaban J connectivity index is 1.59. The average Bonchev–Trinajstić information content (AvgIpc) is 3.22. The lowest BCUT2D eigenvalue weighted by atomic mass is 10.1. The van der Waals surface area contributed by atoms with Gasteiger partial charge in [0.2, 0.25) is 0 Å². The highest BCUT2D eigenvalue weighted by Crippen LogP contribution is 2.30. The summed E-state index contributed by atoms with van der Waals surface area (Å²) in [5, 5.41) is 0. The molecular weight excluding hydrogens is 414 g/mol. The molecule has 0 spiro atoms. The van der Waals surface area contributed by atoms with Crippen molar-refractivity contribution in [3.8, 4) is 17.3 Å². The fourth-order valence-corrected chi connectivity index (χ4v) is 4.04. The molecule has 0 aliphatic carbocycles. The Hall–Kier alpha value is -3.65. The lowest BCUT2D eigenvalue weighted by Crippen LogP contribution is -2.31. The summed E-state index contributed by atoms with van der Waals surface area (Å²) >= 11 is 0. The first kappa shape index (κ1) is 20.3. The van der Waals surface area contributed by atoms with Crippen LogP contribution in [0.15, 0.2) is 54.7 Å². The van der Waals surface area contributed by atoms with Crippen LogP contribution in [0.3, 0.4) is 0 Å². The Bertz CT molecular complexity index is 1340. The maximum absolute atomic E-state index is 14.4. The number of aromatic nitrogens is 3. The van der Waals surface area contributed by atoms with Gasteiger partial charge in [-0.15, -0.1) is 0 Å². The molecule has 0 saturated carbocycles. The number of ether oxygens (including phenoxy) is 1. The van der Waals surface area contributed by atoms with Gasteiger partial charge in [-0.2, -0.15) is 0 Å². The minimum atomic E-state index is -0.503. The Morgan fingerprint density at radius 3 is 2.56 bits per heavy atom. The van der Waals surface area contributed by atoms with Crippen molar-refractivity contribution in [2.75, 3.05) is 6.54 Å². The Kier molecular flexibility index (Phi) is 5.14. The average molecular weight is 434 g/mol. The molecule has 0 fully saturated rings. The normalized spacial score (nSPS) is 13.8. The third kappa shape index (κ3) is 3.73. The molecule has 2 aromatic carbocycles. The first-order chi connectivity index (χ1) is 15.5. The van der Waals surface area contributed by atoms with Gasteiger partial charge in [-0.3, -0.25) is 14.1 Å². The van der Waals surface area contributed by atoms with E-state index in [2.05, 4.69) is 14.9 Å². The van der Waals surface area contributed by atoms with E-state index in [9.17, 15) is 13.6 Å². The molecule has 0 radical (unpaired) electrons. The van der Waals surface area contributed by atoms with E-state index in [0.29, 0.717) is 48.5 Å². The lowest BCUT2D eigenvalue weighted by Gasteiger charge is -2.28. The highest BCUT2D eigenvalue weighted by molar-refractivity contribution is 5.70. The molecule has 0 amide bonds. The molecule has 5 rings (SSSR count). The standard InChI is InChI=1S/C24H20F2N4O2/c1-15(31)32-24-28-21-10-11-29(12-16-6-2-4-8-19(16)25)13-18(21)23-27-22(14-30(23)24)17-7-3-5-9-20(17)26/h2-9,14H,10-13H2,1H3. The summed E-state index contributed by atoms with van der Waals surface area (Å²) in [7, 11) is 0. The highest BCUT2D eigenvalue weighted by atomic mass is 19.1. The zero-order valence-electron chi connectivity index (χ0n) is 17.4. The van der Waals surface area contributed by atoms with Crippen LogP contribution >= 0.6 is 0 Å². The molecule has 2 aromatic heterocycles. The van der Waals surface area contributed by atoms with E-state index in [4.69, 9.17) is 4.74 Å². The number of rotatable bonds is 4. The molecule has 3 heterocycles. The molecule has 0 bridgehead atoms. The van der Waals surface area contributed by atoms with Gasteiger partial charge in [0.05, 0.1) is 11.4 Å².